The van der Waals surface area contributed by atoms with Crippen LogP contribution in [0.4, 0.5) is 30.7 Å². The molecule has 2 rings (SSSR count). The molecule has 0 fully saturated rings. The maximum absolute atomic E-state index is 11.9. The molecule has 0 aliphatic heterocycles. The Balaban J connectivity index is -0.0000000697. The molecule has 22 heteroatoms. The summed E-state index contributed by atoms with van der Waals surface area (Å²) in [6.07, 6.45) is -16.4. The maximum Gasteiger partial charge on any atom is 1.00 e. The van der Waals surface area contributed by atoms with Crippen LogP contribution in [0.5, 0.6) is 0 Å². The second kappa shape index (κ2) is 38.2. The van der Waals surface area contributed by atoms with Crippen molar-refractivity contribution in [1.29, 1.82) is 0 Å². The number of ether oxygens (including phenoxy) is 1. The van der Waals surface area contributed by atoms with Crippen LogP contribution in [-0.4, -0.2) is 65.4 Å². The normalized spacial score (nSPS) is 10.6. The largest absolute Gasteiger partial charge is 1.00 e. The van der Waals surface area contributed by atoms with Crippen LogP contribution in [0, 0.1) is 0 Å². The number of esters is 1. The van der Waals surface area contributed by atoms with Gasteiger partial charge in [0.2, 0.25) is 12.2 Å². The summed E-state index contributed by atoms with van der Waals surface area (Å²) in [4.78, 5) is 31.4. The second-order valence-corrected chi connectivity index (χ2v) is 6.69. The minimum Gasteiger partial charge on any atom is -1.00 e. The number of benzene rings is 2. The average Bonchev–Trinajstić information content (AvgIpc) is 2.97. The Kier molecular flexibility index (Phi) is 49.6. The molecule has 0 aliphatic carbocycles. The van der Waals surface area contributed by atoms with Crippen LogP contribution in [0.1, 0.15) is 13.9 Å². The molecule has 2 atom stereocenters. The zero-order valence-corrected chi connectivity index (χ0v) is 33.2. The first kappa shape index (κ1) is 57.1. The third-order valence-electron chi connectivity index (χ3n) is 3.34. The van der Waals surface area contributed by atoms with Gasteiger partial charge in [-0.25, -0.2) is 9.59 Å². The van der Waals surface area contributed by atoms with Crippen molar-refractivity contribution in [3.05, 3.63) is 71.8 Å². The van der Waals surface area contributed by atoms with E-state index in [1.807, 2.05) is 18.2 Å². The Morgan fingerprint density at radius 3 is 1.48 bits per heavy atom. The number of hydrogen-bond acceptors (Lipinski definition) is 10. The van der Waals surface area contributed by atoms with Crippen LogP contribution < -0.4 is 108 Å². The summed E-state index contributed by atoms with van der Waals surface area (Å²) >= 11 is 10.7. The monoisotopic (exact) mass is 821 g/mol. The minimum absolute atomic E-state index is 0. The van der Waals surface area contributed by atoms with Gasteiger partial charge in [-0.1, -0.05) is 76.6 Å². The summed E-state index contributed by atoms with van der Waals surface area (Å²) in [5, 5.41) is 33.2. The molecule has 44 heavy (non-hydrogen) atoms. The van der Waals surface area contributed by atoms with E-state index in [1.165, 1.54) is 5.56 Å². The fraction of sp³-hybridized carbons (Fsp3) is 0.318. The summed E-state index contributed by atoms with van der Waals surface area (Å²) < 4.78 is 88.6. The smallest absolute Gasteiger partial charge is 1.00 e. The predicted molar refractivity (Wildman–Crippen MR) is 147 cm³/mol. The van der Waals surface area contributed by atoms with Gasteiger partial charge in [0, 0.05) is 27.7 Å². The Bertz CT molecular complexity index is 970. The van der Waals surface area contributed by atoms with Gasteiger partial charge in [-0.05, 0) is 11.1 Å². The number of hydrogen-bond donors (Lipinski definition) is 3. The van der Waals surface area contributed by atoms with E-state index < -0.39 is 43.7 Å². The van der Waals surface area contributed by atoms with Crippen molar-refractivity contribution >= 4 is 70.2 Å². The van der Waals surface area contributed by atoms with Crippen LogP contribution >= 0.6 is 29.4 Å². The van der Waals surface area contributed by atoms with Crippen LogP contribution in [0.25, 0.3) is 0 Å². The van der Waals surface area contributed by atoms with Gasteiger partial charge in [0.15, 0.2) is 0 Å². The first-order valence-electron chi connectivity index (χ1n) is 10.5. The van der Waals surface area contributed by atoms with E-state index in [-0.39, 0.29) is 131 Å². The van der Waals surface area contributed by atoms with E-state index in [2.05, 4.69) is 60.1 Å². The molecule has 3 N–H and O–H groups in total. The number of aliphatic hydroxyl groups excluding tert-OH is 2. The minimum atomic E-state index is -5.06. The third kappa shape index (κ3) is 37.2. The molecule has 0 bridgehead atoms. The summed E-state index contributed by atoms with van der Waals surface area (Å²) in [6, 6.07) is 18.5. The van der Waals surface area contributed by atoms with Gasteiger partial charge in [0.05, 0.1) is 8.52 Å². The summed E-state index contributed by atoms with van der Waals surface area (Å²) in [6.45, 7) is -0.479. The number of carboxylic acids is 1. The topological polar surface area (TPSA) is 153 Å². The van der Waals surface area contributed by atoms with Gasteiger partial charge in [-0.15, -0.1) is 0 Å². The third-order valence-corrected chi connectivity index (χ3v) is 3.99. The van der Waals surface area contributed by atoms with Crippen molar-refractivity contribution in [3.8, 4) is 0 Å². The molecule has 0 radical (unpaired) electrons. The average molecular weight is 823 g/mol. The Morgan fingerprint density at radius 1 is 0.955 bits per heavy atom. The van der Waals surface area contributed by atoms with Crippen LogP contribution in [0.15, 0.2) is 60.7 Å². The number of carboxylic acid groups (broad SMARTS) is 1. The second-order valence-electron chi connectivity index (χ2n) is 6.13. The van der Waals surface area contributed by atoms with Crippen molar-refractivity contribution in [3.63, 3.8) is 0 Å². The molecule has 0 spiro atoms. The van der Waals surface area contributed by atoms with E-state index in [0.717, 1.165) is 5.33 Å². The molecule has 2 aromatic carbocycles. The molecule has 2 aromatic rings. The molecule has 0 saturated carbocycles. The number of carbonyl (C=O) groups excluding carboxylic acids is 2. The van der Waals surface area contributed by atoms with Gasteiger partial charge < -0.3 is 31.6 Å². The molecule has 0 aromatic heterocycles. The molecule has 0 aliphatic rings. The number of rotatable bonds is 6. The van der Waals surface area contributed by atoms with Crippen molar-refractivity contribution in [2.24, 2.45) is 0 Å². The summed E-state index contributed by atoms with van der Waals surface area (Å²) in [5.74, 6) is -3.99. The number of alkyl halides is 8. The Morgan fingerprint density at radius 2 is 1.27 bits per heavy atom. The molecule has 0 saturated heterocycles. The Hall–Kier alpha value is 0.783. The fourth-order valence-electron chi connectivity index (χ4n) is 1.65. The van der Waals surface area contributed by atoms with E-state index in [0.29, 0.717) is 5.56 Å². The number of carbonyl (C=O) groups is 3. The van der Waals surface area contributed by atoms with E-state index in [4.69, 9.17) is 26.7 Å². The standard InChI is InChI=1S/C10H9F3O3.C7H7Br.C3H3F3O3.CH3F.CH2O3.2K.S2.H2S.H/c11-10(12,13)8(14)9(15)16-6-7-4-2-1-3-5-7;8-6-7-4-2-1-3-5-7;4-3(5,6)1(7)2(8)9;1-2;2-1-4-3;;;1-2;;/h1-5,8,14H,6H2;1-5H,6H2;1,7H,(H,8,9);1H3;1,3H;;;;1H2;/q;;;;;2*+1;;;-1/p-1/i;;;1D;;;;;;. The molecule has 2 unspecified atom stereocenters. The summed E-state index contributed by atoms with van der Waals surface area (Å²) in [5.41, 5.74) is 1.87. The first-order chi connectivity index (χ1) is 19.5. The van der Waals surface area contributed by atoms with Crippen molar-refractivity contribution in [2.45, 2.75) is 36.5 Å². The van der Waals surface area contributed by atoms with E-state index in [9.17, 15) is 40.3 Å². The first-order valence-corrected chi connectivity index (χ1v) is 12.3. The van der Waals surface area contributed by atoms with Crippen molar-refractivity contribution in [1.82, 2.24) is 0 Å². The SMILES string of the molecule is BrCc1ccccc1.O=C(O)C(O)C(F)(F)F.O=C(OCc1ccccc1)C(O)C(F)(F)F.O=CO[O-].S.S=S.[2H]CF.[H-].[K+].[K+]. The zero-order valence-electron chi connectivity index (χ0n) is 24.8. The number of aliphatic hydroxyl groups is 2. The summed E-state index contributed by atoms with van der Waals surface area (Å²) in [7, 11) is -1.00. The van der Waals surface area contributed by atoms with Crippen LogP contribution in [0.3, 0.4) is 0 Å². The molecule has 244 valence electrons. The van der Waals surface area contributed by atoms with Crippen LogP contribution in [0.2, 0.25) is 0 Å². The molecule has 9 nitrogen and oxygen atoms in total. The fourth-order valence-corrected chi connectivity index (χ4v) is 2.02. The quantitative estimate of drug-likeness (QED) is 0.0539. The van der Waals surface area contributed by atoms with Gasteiger partial charge >= 0.3 is 127 Å². The number of aliphatic carboxylic acids is 1. The zero-order chi connectivity index (χ0) is 33.8. The predicted octanol–water partition coefficient (Wildman–Crippen LogP) is -2.52. The molecule has 0 amide bonds. The van der Waals surface area contributed by atoms with Gasteiger partial charge in [-0.3, -0.25) is 9.18 Å². The van der Waals surface area contributed by atoms with Crippen molar-refractivity contribution < 1.29 is 181 Å². The van der Waals surface area contributed by atoms with Crippen molar-refractivity contribution in [2.75, 3.05) is 7.15 Å². The van der Waals surface area contributed by atoms with Gasteiger partial charge in [0.1, 0.15) is 6.61 Å². The van der Waals surface area contributed by atoms with Crippen LogP contribution in [-0.2, 0) is 58.3 Å². The molecule has 0 heterocycles. The van der Waals surface area contributed by atoms with Gasteiger partial charge in [0.25, 0.3) is 6.47 Å². The van der Waals surface area contributed by atoms with Gasteiger partial charge in [-0.2, -0.15) is 39.8 Å². The number of halogens is 8. The van der Waals surface area contributed by atoms with E-state index in [1.54, 1.807) is 30.3 Å². The van der Waals surface area contributed by atoms with E-state index >= 15 is 0 Å². The molecular weight excluding hydrogens is 796 g/mol. The molecular formula is C22H26BrF7K2O9S3. The maximum atomic E-state index is 11.9. The Labute approximate surface area is 361 Å².